The van der Waals surface area contributed by atoms with Gasteiger partial charge in [-0.15, -0.1) is 11.6 Å². The van der Waals surface area contributed by atoms with Crippen molar-refractivity contribution in [1.29, 1.82) is 0 Å². The van der Waals surface area contributed by atoms with E-state index in [1.54, 1.807) is 19.2 Å². The van der Waals surface area contributed by atoms with Crippen LogP contribution in [0.1, 0.15) is 27.6 Å². The number of hydrogen-bond donors (Lipinski definition) is 0. The van der Waals surface area contributed by atoms with E-state index in [1.807, 2.05) is 26.0 Å². The first-order valence-corrected chi connectivity index (χ1v) is 7.04. The summed E-state index contributed by atoms with van der Waals surface area (Å²) >= 11 is 6.50. The molecule has 0 amide bonds. The first kappa shape index (κ1) is 15.6. The minimum absolute atomic E-state index is 0.352. The Bertz CT molecular complexity index is 632. The van der Waals surface area contributed by atoms with Crippen LogP contribution in [-0.2, 0) is 0 Å². The maximum Gasteiger partial charge on any atom is 0.131 e. The Labute approximate surface area is 129 Å². The molecule has 1 unspecified atom stereocenters. The van der Waals surface area contributed by atoms with Gasteiger partial charge in [0.15, 0.2) is 0 Å². The normalized spacial score (nSPS) is 12.1. The number of methoxy groups -OCH3 is 2. The van der Waals surface area contributed by atoms with E-state index >= 15 is 0 Å². The van der Waals surface area contributed by atoms with Gasteiger partial charge in [-0.05, 0) is 42.7 Å². The van der Waals surface area contributed by atoms with Crippen LogP contribution in [0.2, 0.25) is 0 Å². The van der Waals surface area contributed by atoms with E-state index in [0.29, 0.717) is 11.3 Å². The summed E-state index contributed by atoms with van der Waals surface area (Å²) in [5, 5.41) is -0.621. The van der Waals surface area contributed by atoms with Crippen molar-refractivity contribution in [3.05, 3.63) is 58.4 Å². The fraction of sp³-hybridized carbons (Fsp3) is 0.294. The largest absolute Gasteiger partial charge is 0.496 e. The van der Waals surface area contributed by atoms with Gasteiger partial charge in [-0.2, -0.15) is 0 Å². The molecule has 2 aromatic carbocycles. The Hall–Kier alpha value is -1.74. The summed E-state index contributed by atoms with van der Waals surface area (Å²) in [6.07, 6.45) is 0. The van der Waals surface area contributed by atoms with Gasteiger partial charge >= 0.3 is 0 Å². The molecule has 0 N–H and O–H groups in total. The maximum atomic E-state index is 14.1. The number of alkyl halides is 1. The summed E-state index contributed by atoms with van der Waals surface area (Å²) in [5.74, 6) is 0.893. The molecule has 2 rings (SSSR count). The predicted molar refractivity (Wildman–Crippen MR) is 83.1 cm³/mol. The molecule has 112 valence electrons. The molecule has 0 aliphatic rings. The molecule has 0 fully saturated rings. The molecule has 0 aromatic heterocycles. The Balaban J connectivity index is 2.53. The van der Waals surface area contributed by atoms with Crippen molar-refractivity contribution in [2.45, 2.75) is 19.2 Å². The molecule has 0 aliphatic heterocycles. The van der Waals surface area contributed by atoms with Crippen molar-refractivity contribution in [2.75, 3.05) is 14.2 Å². The van der Waals surface area contributed by atoms with Crippen LogP contribution in [0.15, 0.2) is 30.3 Å². The van der Waals surface area contributed by atoms with Crippen molar-refractivity contribution in [3.63, 3.8) is 0 Å². The van der Waals surface area contributed by atoms with Gasteiger partial charge < -0.3 is 9.47 Å². The monoisotopic (exact) mass is 308 g/mol. The van der Waals surface area contributed by atoms with E-state index in [9.17, 15) is 4.39 Å². The van der Waals surface area contributed by atoms with Gasteiger partial charge in [-0.1, -0.05) is 18.2 Å². The van der Waals surface area contributed by atoms with Gasteiger partial charge in [0, 0.05) is 0 Å². The first-order chi connectivity index (χ1) is 9.99. The lowest BCUT2D eigenvalue weighted by molar-refractivity contribution is 0.404. The third kappa shape index (κ3) is 2.98. The molecule has 0 bridgehead atoms. The third-order valence-corrected chi connectivity index (χ3v) is 3.94. The molecule has 0 spiro atoms. The molecular weight excluding hydrogens is 291 g/mol. The summed E-state index contributed by atoms with van der Waals surface area (Å²) in [5.41, 5.74) is 3.10. The first-order valence-electron chi connectivity index (χ1n) is 6.61. The minimum atomic E-state index is -0.621. The second-order valence-corrected chi connectivity index (χ2v) is 5.34. The van der Waals surface area contributed by atoms with Crippen LogP contribution in [0, 0.1) is 19.7 Å². The molecule has 0 radical (unpaired) electrons. The van der Waals surface area contributed by atoms with Crippen molar-refractivity contribution < 1.29 is 13.9 Å². The summed E-state index contributed by atoms with van der Waals surface area (Å²) in [7, 11) is 3.14. The highest BCUT2D eigenvalue weighted by molar-refractivity contribution is 6.22. The van der Waals surface area contributed by atoms with Crippen LogP contribution in [0.25, 0.3) is 0 Å². The van der Waals surface area contributed by atoms with Crippen LogP contribution in [0.4, 0.5) is 4.39 Å². The molecule has 2 nitrogen and oxygen atoms in total. The van der Waals surface area contributed by atoms with Crippen molar-refractivity contribution in [3.8, 4) is 11.5 Å². The highest BCUT2D eigenvalue weighted by atomic mass is 35.5. The number of benzene rings is 2. The Morgan fingerprint density at radius 2 is 1.67 bits per heavy atom. The maximum absolute atomic E-state index is 14.1. The van der Waals surface area contributed by atoms with E-state index in [0.717, 1.165) is 22.4 Å². The van der Waals surface area contributed by atoms with Crippen LogP contribution in [-0.4, -0.2) is 14.2 Å². The molecule has 21 heavy (non-hydrogen) atoms. The van der Waals surface area contributed by atoms with Gasteiger partial charge in [0.05, 0.1) is 25.2 Å². The standard InChI is InChI=1S/C17H18ClFO2/c1-10-8-12(9-11(2)17(10)21-4)16(18)15-13(19)6-5-7-14(15)20-3/h5-9,16H,1-4H3. The smallest absolute Gasteiger partial charge is 0.131 e. The fourth-order valence-corrected chi connectivity index (χ4v) is 2.90. The van der Waals surface area contributed by atoms with E-state index < -0.39 is 5.38 Å². The number of aryl methyl sites for hydroxylation is 2. The molecule has 2 aromatic rings. The van der Waals surface area contributed by atoms with Gasteiger partial charge in [0.2, 0.25) is 0 Å². The van der Waals surface area contributed by atoms with Crippen molar-refractivity contribution in [1.82, 2.24) is 0 Å². The zero-order chi connectivity index (χ0) is 15.6. The zero-order valence-corrected chi connectivity index (χ0v) is 13.3. The molecule has 0 aliphatic carbocycles. The quantitative estimate of drug-likeness (QED) is 0.756. The topological polar surface area (TPSA) is 18.5 Å². The third-order valence-electron chi connectivity index (χ3n) is 3.47. The van der Waals surface area contributed by atoms with Gasteiger partial charge in [-0.3, -0.25) is 0 Å². The number of halogens is 2. The molecule has 4 heteroatoms. The van der Waals surface area contributed by atoms with Gasteiger partial charge in [-0.25, -0.2) is 4.39 Å². The second kappa shape index (κ2) is 6.35. The Kier molecular flexibility index (Phi) is 4.73. The van der Waals surface area contributed by atoms with Gasteiger partial charge in [0.25, 0.3) is 0 Å². The molecule has 1 atom stereocenters. The molecule has 0 saturated carbocycles. The lowest BCUT2D eigenvalue weighted by Gasteiger charge is -2.18. The van der Waals surface area contributed by atoms with Crippen LogP contribution < -0.4 is 9.47 Å². The van der Waals surface area contributed by atoms with Crippen LogP contribution in [0.3, 0.4) is 0 Å². The SMILES string of the molecule is COc1cccc(F)c1C(Cl)c1cc(C)c(OC)c(C)c1. The summed E-state index contributed by atoms with van der Waals surface area (Å²) in [4.78, 5) is 0. The molecular formula is C17H18ClFO2. The van der Waals surface area contributed by atoms with Crippen LogP contribution in [0.5, 0.6) is 11.5 Å². The summed E-state index contributed by atoms with van der Waals surface area (Å²) in [6.45, 7) is 3.88. The Morgan fingerprint density at radius 3 is 2.19 bits per heavy atom. The number of hydrogen-bond acceptors (Lipinski definition) is 2. The highest BCUT2D eigenvalue weighted by Gasteiger charge is 2.21. The number of rotatable bonds is 4. The van der Waals surface area contributed by atoms with Crippen molar-refractivity contribution in [2.24, 2.45) is 0 Å². The predicted octanol–water partition coefficient (Wildman–Crippen LogP) is 4.79. The lowest BCUT2D eigenvalue weighted by Crippen LogP contribution is -2.02. The molecule has 0 saturated heterocycles. The molecule has 0 heterocycles. The average molecular weight is 309 g/mol. The van der Waals surface area contributed by atoms with E-state index in [-0.39, 0.29) is 5.82 Å². The van der Waals surface area contributed by atoms with Crippen molar-refractivity contribution >= 4 is 11.6 Å². The number of ether oxygens (including phenoxy) is 2. The second-order valence-electron chi connectivity index (χ2n) is 4.91. The lowest BCUT2D eigenvalue weighted by atomic mass is 9.98. The minimum Gasteiger partial charge on any atom is -0.496 e. The van der Waals surface area contributed by atoms with Crippen LogP contribution >= 0.6 is 11.6 Å². The van der Waals surface area contributed by atoms with E-state index in [4.69, 9.17) is 21.1 Å². The Morgan fingerprint density at radius 1 is 1.05 bits per heavy atom. The summed E-state index contributed by atoms with van der Waals surface area (Å²) in [6, 6.07) is 8.52. The highest BCUT2D eigenvalue weighted by Crippen LogP contribution is 2.39. The zero-order valence-electron chi connectivity index (χ0n) is 12.5. The average Bonchev–Trinajstić information content (AvgIpc) is 2.45. The van der Waals surface area contributed by atoms with Gasteiger partial charge in [0.1, 0.15) is 17.3 Å². The fourth-order valence-electron chi connectivity index (χ4n) is 2.56. The van der Waals surface area contributed by atoms with E-state index in [2.05, 4.69) is 0 Å². The summed E-state index contributed by atoms with van der Waals surface area (Å²) < 4.78 is 24.7. The van der Waals surface area contributed by atoms with E-state index in [1.165, 1.54) is 13.2 Å².